The van der Waals surface area contributed by atoms with Crippen LogP contribution in [0.2, 0.25) is 0 Å². The van der Waals surface area contributed by atoms with Crippen LogP contribution in [0.1, 0.15) is 10.4 Å². The Hall–Kier alpha value is -1.37. The molecule has 1 rings (SSSR count). The van der Waals surface area contributed by atoms with Crippen LogP contribution in [0, 0.1) is 0 Å². The fourth-order valence-electron chi connectivity index (χ4n) is 1.04. The van der Waals surface area contributed by atoms with Crippen molar-refractivity contribution < 1.29 is 23.8 Å². The van der Waals surface area contributed by atoms with E-state index in [9.17, 15) is 4.79 Å². The summed E-state index contributed by atoms with van der Waals surface area (Å²) in [6.45, 7) is 0. The molecule has 1 aromatic carbocycles. The van der Waals surface area contributed by atoms with Crippen molar-refractivity contribution >= 4 is 15.7 Å². The summed E-state index contributed by atoms with van der Waals surface area (Å²) in [5.74, 6) is -1.19. The zero-order valence-electron chi connectivity index (χ0n) is 8.97. The molecule has 0 unspecified atom stereocenters. The van der Waals surface area contributed by atoms with Gasteiger partial charge in [0.15, 0.2) is 5.91 Å². The summed E-state index contributed by atoms with van der Waals surface area (Å²) >= 11 is 0. The standard InChI is InChI=1S/C10H12O5Si/c1-13-10(14-2)16-15-8-6-4-3-5-7(8)9(11)12/h3-6,10H,1-2H3,(H,11,12). The minimum absolute atomic E-state index is 0.118. The van der Waals surface area contributed by atoms with Gasteiger partial charge in [0.2, 0.25) is 0 Å². The first-order valence-electron chi connectivity index (χ1n) is 4.49. The van der Waals surface area contributed by atoms with Gasteiger partial charge in [0.1, 0.15) is 5.75 Å². The lowest BCUT2D eigenvalue weighted by Gasteiger charge is -2.13. The zero-order valence-corrected chi connectivity index (χ0v) is 9.97. The molecule has 0 bridgehead atoms. The minimum Gasteiger partial charge on any atom is -0.535 e. The summed E-state index contributed by atoms with van der Waals surface area (Å²) in [6, 6.07) is 6.43. The average molecular weight is 240 g/mol. The molecule has 0 atom stereocenters. The number of aromatic carboxylic acids is 1. The summed E-state index contributed by atoms with van der Waals surface area (Å²) < 4.78 is 15.2. The molecule has 1 N–H and O–H groups in total. The first kappa shape index (κ1) is 12.7. The number of benzene rings is 1. The van der Waals surface area contributed by atoms with E-state index in [-0.39, 0.29) is 15.3 Å². The van der Waals surface area contributed by atoms with Crippen molar-refractivity contribution in [3.8, 4) is 5.75 Å². The molecule has 0 aliphatic heterocycles. The van der Waals surface area contributed by atoms with E-state index >= 15 is 0 Å². The van der Waals surface area contributed by atoms with Crippen LogP contribution in [0.5, 0.6) is 5.75 Å². The number of carbonyl (C=O) groups is 1. The second kappa shape index (κ2) is 6.26. The summed E-state index contributed by atoms with van der Waals surface area (Å²) in [7, 11) is 2.87. The van der Waals surface area contributed by atoms with Gasteiger partial charge in [0.25, 0.3) is 0 Å². The Balaban J connectivity index is 2.69. The number of hydrogen-bond donors (Lipinski definition) is 1. The SMILES string of the molecule is COC(OC)[Si]Oc1ccccc1C(=O)O. The molecule has 0 aliphatic carbocycles. The maximum atomic E-state index is 10.9. The summed E-state index contributed by atoms with van der Waals surface area (Å²) in [4.78, 5) is 10.9. The fourth-order valence-corrected chi connectivity index (χ4v) is 1.63. The van der Waals surface area contributed by atoms with Crippen molar-refractivity contribution in [1.82, 2.24) is 0 Å². The lowest BCUT2D eigenvalue weighted by molar-refractivity contribution is -0.0492. The van der Waals surface area contributed by atoms with Crippen molar-refractivity contribution in [2.45, 2.75) is 5.91 Å². The van der Waals surface area contributed by atoms with Gasteiger partial charge in [-0.3, -0.25) is 0 Å². The third kappa shape index (κ3) is 3.33. The molecular formula is C10H12O5Si. The number of ether oxygens (including phenoxy) is 2. The van der Waals surface area contributed by atoms with Crippen LogP contribution in [-0.2, 0) is 9.47 Å². The average Bonchev–Trinajstić information content (AvgIpc) is 2.30. The van der Waals surface area contributed by atoms with Crippen LogP contribution in [0.4, 0.5) is 0 Å². The number of para-hydroxylation sites is 1. The molecule has 1 aromatic rings. The number of carboxylic acid groups (broad SMARTS) is 1. The Bertz CT molecular complexity index is 351. The Labute approximate surface area is 95.9 Å². The summed E-state index contributed by atoms with van der Waals surface area (Å²) in [5.41, 5.74) is 0.126. The van der Waals surface area contributed by atoms with Crippen molar-refractivity contribution in [1.29, 1.82) is 0 Å². The fraction of sp³-hybridized carbons (Fsp3) is 0.300. The number of carboxylic acids is 1. The Morgan fingerprint density at radius 2 is 1.94 bits per heavy atom. The second-order valence-electron chi connectivity index (χ2n) is 2.82. The van der Waals surface area contributed by atoms with Crippen molar-refractivity contribution in [2.75, 3.05) is 14.2 Å². The molecule has 0 saturated carbocycles. The maximum Gasteiger partial charge on any atom is 0.376 e. The van der Waals surface area contributed by atoms with E-state index in [1.165, 1.54) is 20.3 Å². The van der Waals surface area contributed by atoms with Crippen molar-refractivity contribution in [3.05, 3.63) is 29.8 Å². The minimum atomic E-state index is -1.02. The van der Waals surface area contributed by atoms with Crippen molar-refractivity contribution in [2.24, 2.45) is 0 Å². The van der Waals surface area contributed by atoms with E-state index in [0.717, 1.165) is 0 Å². The molecule has 0 heterocycles. The van der Waals surface area contributed by atoms with Gasteiger partial charge in [-0.25, -0.2) is 4.79 Å². The molecular weight excluding hydrogens is 228 g/mol. The van der Waals surface area contributed by atoms with Gasteiger partial charge in [-0.1, -0.05) is 12.1 Å². The summed E-state index contributed by atoms with van der Waals surface area (Å²) in [5, 5.41) is 8.91. The van der Waals surface area contributed by atoms with Gasteiger partial charge >= 0.3 is 15.7 Å². The molecule has 0 fully saturated rings. The quantitative estimate of drug-likeness (QED) is 0.592. The molecule has 0 saturated heterocycles. The molecule has 0 aromatic heterocycles. The van der Waals surface area contributed by atoms with Crippen LogP contribution < -0.4 is 4.43 Å². The molecule has 2 radical (unpaired) electrons. The molecule has 0 aliphatic rings. The molecule has 0 spiro atoms. The van der Waals surface area contributed by atoms with Gasteiger partial charge in [-0.2, -0.15) is 0 Å². The third-order valence-electron chi connectivity index (χ3n) is 1.81. The molecule has 16 heavy (non-hydrogen) atoms. The van der Waals surface area contributed by atoms with E-state index in [4.69, 9.17) is 19.0 Å². The first-order valence-corrected chi connectivity index (χ1v) is 5.48. The summed E-state index contributed by atoms with van der Waals surface area (Å²) in [6.07, 6.45) is 0. The highest BCUT2D eigenvalue weighted by Crippen LogP contribution is 2.17. The monoisotopic (exact) mass is 240 g/mol. The molecule has 5 nitrogen and oxygen atoms in total. The number of hydrogen-bond acceptors (Lipinski definition) is 4. The topological polar surface area (TPSA) is 65.0 Å². The van der Waals surface area contributed by atoms with Crippen LogP contribution in [0.25, 0.3) is 0 Å². The van der Waals surface area contributed by atoms with E-state index in [1.54, 1.807) is 18.2 Å². The Kier molecular flexibility index (Phi) is 4.97. The van der Waals surface area contributed by atoms with E-state index in [2.05, 4.69) is 0 Å². The van der Waals surface area contributed by atoms with E-state index in [0.29, 0.717) is 5.75 Å². The van der Waals surface area contributed by atoms with Gasteiger partial charge in [-0.15, -0.1) is 0 Å². The largest absolute Gasteiger partial charge is 0.535 e. The highest BCUT2D eigenvalue weighted by atomic mass is 28.2. The van der Waals surface area contributed by atoms with Crippen LogP contribution in [0.3, 0.4) is 0 Å². The first-order chi connectivity index (χ1) is 7.69. The number of rotatable bonds is 6. The molecule has 86 valence electrons. The predicted octanol–water partition coefficient (Wildman–Crippen LogP) is 0.959. The molecule has 0 amide bonds. The van der Waals surface area contributed by atoms with Gasteiger partial charge < -0.3 is 19.0 Å². The zero-order chi connectivity index (χ0) is 12.0. The van der Waals surface area contributed by atoms with Crippen LogP contribution >= 0.6 is 0 Å². The van der Waals surface area contributed by atoms with Crippen molar-refractivity contribution in [3.63, 3.8) is 0 Å². The van der Waals surface area contributed by atoms with Gasteiger partial charge in [-0.05, 0) is 12.1 Å². The van der Waals surface area contributed by atoms with Crippen LogP contribution in [0.15, 0.2) is 24.3 Å². The highest BCUT2D eigenvalue weighted by molar-refractivity contribution is 6.29. The highest BCUT2D eigenvalue weighted by Gasteiger charge is 2.14. The van der Waals surface area contributed by atoms with Gasteiger partial charge in [0.05, 0.1) is 5.56 Å². The van der Waals surface area contributed by atoms with Gasteiger partial charge in [0, 0.05) is 14.2 Å². The second-order valence-corrected chi connectivity index (χ2v) is 3.74. The van der Waals surface area contributed by atoms with Crippen LogP contribution in [-0.4, -0.2) is 41.0 Å². The lowest BCUT2D eigenvalue weighted by atomic mass is 10.2. The third-order valence-corrected chi connectivity index (χ3v) is 2.81. The predicted molar refractivity (Wildman–Crippen MR) is 57.6 cm³/mol. The Morgan fingerprint density at radius 1 is 1.31 bits per heavy atom. The lowest BCUT2D eigenvalue weighted by Crippen LogP contribution is -2.26. The Morgan fingerprint density at radius 3 is 2.50 bits per heavy atom. The maximum absolute atomic E-state index is 10.9. The normalized spacial score (nSPS) is 10.4. The smallest absolute Gasteiger partial charge is 0.376 e. The number of methoxy groups -OCH3 is 2. The van der Waals surface area contributed by atoms with E-state index in [1.807, 2.05) is 0 Å². The van der Waals surface area contributed by atoms with E-state index < -0.39 is 11.9 Å². The molecule has 6 heteroatoms.